The Morgan fingerprint density at radius 1 is 1.11 bits per heavy atom. The van der Waals surface area contributed by atoms with E-state index in [0.717, 1.165) is 23.6 Å². The zero-order valence-electron chi connectivity index (χ0n) is 14.0. The zero-order valence-corrected chi connectivity index (χ0v) is 16.3. The fraction of sp³-hybridized carbons (Fsp3) is 0.167. The van der Waals surface area contributed by atoms with E-state index < -0.39 is 5.09 Å². The number of aromatic nitrogens is 2. The van der Waals surface area contributed by atoms with E-state index in [1.54, 1.807) is 12.3 Å². The van der Waals surface area contributed by atoms with Gasteiger partial charge in [0.15, 0.2) is 0 Å². The van der Waals surface area contributed by atoms with Crippen molar-refractivity contribution < 1.29 is 10.3 Å². The molecule has 0 aliphatic carbocycles. The number of rotatable bonds is 5. The summed E-state index contributed by atoms with van der Waals surface area (Å²) in [6.45, 7) is 0.820. The second-order valence-electron chi connectivity index (χ2n) is 5.69. The monoisotopic (exact) mass is 427 g/mol. The van der Waals surface area contributed by atoms with Crippen LogP contribution in [0.3, 0.4) is 0 Å². The number of benzene rings is 2. The largest absolute Gasteiger partial charge is 0.337 e. The van der Waals surface area contributed by atoms with Crippen molar-refractivity contribution in [3.63, 3.8) is 0 Å². The van der Waals surface area contributed by atoms with Crippen LogP contribution < -0.4 is 0 Å². The third kappa shape index (κ3) is 7.09. The normalized spacial score (nSPS) is 11.4. The molecule has 0 saturated heterocycles. The van der Waals surface area contributed by atoms with Crippen LogP contribution in [0.2, 0.25) is 15.1 Å². The fourth-order valence-corrected chi connectivity index (χ4v) is 3.24. The summed E-state index contributed by atoms with van der Waals surface area (Å²) in [5.74, 6) is 0.264. The Hall–Kier alpha value is -2.28. The minimum atomic E-state index is -1.50. The summed E-state index contributed by atoms with van der Waals surface area (Å²) in [6.07, 6.45) is 6.39. The average Bonchev–Trinajstić information content (AvgIpc) is 3.10. The smallest absolute Gasteiger partial charge is 0.291 e. The molecule has 1 heterocycles. The quantitative estimate of drug-likeness (QED) is 0.428. The number of hydrogen-bond acceptors (Lipinski definition) is 3. The fourth-order valence-electron chi connectivity index (χ4n) is 2.62. The zero-order chi connectivity index (χ0) is 19.8. The van der Waals surface area contributed by atoms with E-state index in [4.69, 9.17) is 50.1 Å². The first kappa shape index (κ1) is 21.0. The summed E-state index contributed by atoms with van der Waals surface area (Å²) >= 11 is 18.3. The van der Waals surface area contributed by atoms with Crippen LogP contribution in [0.5, 0.6) is 0 Å². The van der Waals surface area contributed by atoms with Crippen molar-refractivity contribution in [1.29, 1.82) is 0 Å². The molecule has 0 radical (unpaired) electrons. The summed E-state index contributed by atoms with van der Waals surface area (Å²) in [6, 6.07) is 13.6. The van der Waals surface area contributed by atoms with Crippen molar-refractivity contribution in [2.75, 3.05) is 0 Å². The topological polar surface area (TPSA) is 81.2 Å². The molecular formula is C18H16Cl3N3O3. The van der Waals surface area contributed by atoms with Gasteiger partial charge in [0.1, 0.15) is 0 Å². The van der Waals surface area contributed by atoms with Gasteiger partial charge in [-0.05, 0) is 41.8 Å². The Kier molecular flexibility index (Phi) is 7.91. The minimum absolute atomic E-state index is 0.264. The van der Waals surface area contributed by atoms with Crippen LogP contribution in [-0.2, 0) is 13.0 Å². The highest BCUT2D eigenvalue weighted by Gasteiger charge is 2.15. The number of nitrogens with zero attached hydrogens (tertiary/aromatic N) is 3. The molecule has 142 valence electrons. The van der Waals surface area contributed by atoms with Crippen LogP contribution >= 0.6 is 34.8 Å². The van der Waals surface area contributed by atoms with Gasteiger partial charge in [-0.25, -0.2) is 4.98 Å². The van der Waals surface area contributed by atoms with Crippen LogP contribution in [0.15, 0.2) is 61.2 Å². The molecule has 0 saturated carbocycles. The predicted molar refractivity (Wildman–Crippen MR) is 105 cm³/mol. The molecule has 0 amide bonds. The van der Waals surface area contributed by atoms with Crippen LogP contribution in [0.1, 0.15) is 17.0 Å². The summed E-state index contributed by atoms with van der Waals surface area (Å²) in [7, 11) is 0. The first-order chi connectivity index (χ1) is 12.8. The third-order valence-corrected chi connectivity index (χ3v) is 4.65. The van der Waals surface area contributed by atoms with Gasteiger partial charge in [-0.1, -0.05) is 53.0 Å². The highest BCUT2D eigenvalue weighted by atomic mass is 35.5. The van der Waals surface area contributed by atoms with Crippen LogP contribution in [0.4, 0.5) is 0 Å². The Labute approximate surface area is 171 Å². The van der Waals surface area contributed by atoms with Gasteiger partial charge >= 0.3 is 0 Å². The van der Waals surface area contributed by atoms with Crippen molar-refractivity contribution >= 4 is 34.8 Å². The van der Waals surface area contributed by atoms with Gasteiger partial charge < -0.3 is 9.77 Å². The Morgan fingerprint density at radius 3 is 2.30 bits per heavy atom. The molecule has 0 aliphatic heterocycles. The molecule has 0 fully saturated rings. The lowest BCUT2D eigenvalue weighted by Crippen LogP contribution is -2.11. The van der Waals surface area contributed by atoms with Gasteiger partial charge in [-0.2, -0.15) is 0 Å². The van der Waals surface area contributed by atoms with Gasteiger partial charge in [0.25, 0.3) is 5.09 Å². The molecule has 1 N–H and O–H groups in total. The Morgan fingerprint density at radius 2 is 1.74 bits per heavy atom. The number of imidazole rings is 1. The highest BCUT2D eigenvalue weighted by molar-refractivity contribution is 6.35. The van der Waals surface area contributed by atoms with E-state index in [0.29, 0.717) is 10.0 Å². The van der Waals surface area contributed by atoms with Crippen molar-refractivity contribution in [2.24, 2.45) is 0 Å². The van der Waals surface area contributed by atoms with Crippen LogP contribution in [0, 0.1) is 10.1 Å². The maximum atomic E-state index is 8.36. The van der Waals surface area contributed by atoms with E-state index in [1.165, 1.54) is 5.56 Å². The molecule has 0 bridgehead atoms. The van der Waals surface area contributed by atoms with E-state index >= 15 is 0 Å². The maximum Gasteiger partial charge on any atom is 0.291 e. The second-order valence-corrected chi connectivity index (χ2v) is 6.97. The minimum Gasteiger partial charge on any atom is -0.337 e. The van der Waals surface area contributed by atoms with Gasteiger partial charge in [0.2, 0.25) is 0 Å². The molecule has 1 atom stereocenters. The second kappa shape index (κ2) is 10.2. The molecule has 27 heavy (non-hydrogen) atoms. The molecular weight excluding hydrogens is 413 g/mol. The van der Waals surface area contributed by atoms with Crippen molar-refractivity contribution in [2.45, 2.75) is 18.9 Å². The van der Waals surface area contributed by atoms with Crippen molar-refractivity contribution in [3.8, 4) is 0 Å². The molecule has 6 nitrogen and oxygen atoms in total. The molecule has 3 rings (SSSR count). The summed E-state index contributed by atoms with van der Waals surface area (Å²) in [4.78, 5) is 12.5. The number of hydrogen-bond donors (Lipinski definition) is 1. The first-order valence-corrected chi connectivity index (χ1v) is 8.97. The Bertz CT molecular complexity index is 867. The summed E-state index contributed by atoms with van der Waals surface area (Å²) in [5, 5.41) is 15.7. The lowest BCUT2D eigenvalue weighted by Gasteiger charge is -2.19. The first-order valence-electron chi connectivity index (χ1n) is 7.83. The van der Waals surface area contributed by atoms with Gasteiger partial charge in [-0.3, -0.25) is 0 Å². The molecule has 0 spiro atoms. The molecule has 9 heteroatoms. The SMILES string of the molecule is Clc1ccc(C(Cc2ccc(Cl)cc2Cl)Cn2ccnc2)cc1.O=[N+]([O-])O. The standard InChI is InChI=1S/C18H15Cl3N2.HNO3/c19-16-4-1-13(2-5-16)15(11-23-8-7-22-12-23)9-14-3-6-17(20)10-18(14)21;2-1(3)4/h1-8,10,12,15H,9,11H2;(H,2,3,4). The van der Waals surface area contributed by atoms with E-state index in [9.17, 15) is 0 Å². The van der Waals surface area contributed by atoms with Gasteiger partial charge in [0.05, 0.1) is 6.33 Å². The molecule has 0 aliphatic rings. The van der Waals surface area contributed by atoms with Crippen LogP contribution in [-0.4, -0.2) is 19.8 Å². The lowest BCUT2D eigenvalue weighted by molar-refractivity contribution is -0.742. The number of halogens is 3. The maximum absolute atomic E-state index is 8.36. The van der Waals surface area contributed by atoms with Crippen molar-refractivity contribution in [3.05, 3.63) is 97.5 Å². The predicted octanol–water partition coefficient (Wildman–Crippen LogP) is 5.52. The Balaban J connectivity index is 0.000000596. The lowest BCUT2D eigenvalue weighted by atomic mass is 9.92. The van der Waals surface area contributed by atoms with E-state index in [-0.39, 0.29) is 5.92 Å². The van der Waals surface area contributed by atoms with Gasteiger partial charge in [-0.15, -0.1) is 10.1 Å². The molecule has 3 aromatic rings. The average molecular weight is 429 g/mol. The van der Waals surface area contributed by atoms with E-state index in [1.807, 2.05) is 36.8 Å². The van der Waals surface area contributed by atoms with Crippen molar-refractivity contribution in [1.82, 2.24) is 9.55 Å². The third-order valence-electron chi connectivity index (χ3n) is 3.81. The highest BCUT2D eigenvalue weighted by Crippen LogP contribution is 2.29. The van der Waals surface area contributed by atoms with Gasteiger partial charge in [0, 0.05) is 39.9 Å². The molecule has 2 aromatic carbocycles. The molecule has 1 unspecified atom stereocenters. The van der Waals surface area contributed by atoms with E-state index in [2.05, 4.69) is 21.7 Å². The summed E-state index contributed by atoms with van der Waals surface area (Å²) < 4.78 is 2.07. The van der Waals surface area contributed by atoms with Crippen LogP contribution in [0.25, 0.3) is 0 Å². The summed E-state index contributed by atoms with van der Waals surface area (Å²) in [5.41, 5.74) is 2.30. The molecule has 1 aromatic heterocycles.